The molecule has 1 aromatic heterocycles. The minimum Gasteiger partial charge on any atom is -0.383 e. The fourth-order valence-electron chi connectivity index (χ4n) is 4.09. The van der Waals surface area contributed by atoms with Crippen molar-refractivity contribution in [3.05, 3.63) is 23.5 Å². The fraction of sp³-hybridized carbons (Fsp3) is 0.636. The third kappa shape index (κ3) is 15.0. The second-order valence-electron chi connectivity index (χ2n) is 9.37. The first-order valence-electron chi connectivity index (χ1n) is 13.5. The van der Waals surface area contributed by atoms with Crippen LogP contribution in [0, 0.1) is 5.41 Å². The standard InChI is InChI=1S/C22H37F3N7O10P3/c23-22(24,25)21(34)30-10-4-2-1-3-9-29-18(33)7-5-15-11-32(12-17(15)20(27)31-14-26)19-8-6-16(39-19)13-38-44(37)42-45(40-28)41-43(35)36/h11-12,14,16,19,35-37H,1-10,13,28H2,(H,29,33)(H,30,34)(H3,26,27,31)/t16-,19+,44?,45?/m0/s1. The van der Waals surface area contributed by atoms with Crippen molar-refractivity contribution in [2.45, 2.75) is 69.9 Å². The molecule has 0 aromatic carbocycles. The van der Waals surface area contributed by atoms with Crippen molar-refractivity contribution in [3.63, 3.8) is 0 Å². The topological polar surface area (TPSA) is 258 Å². The Morgan fingerprint density at radius 1 is 1.13 bits per heavy atom. The fourth-order valence-corrected chi connectivity index (χ4v) is 6.20. The van der Waals surface area contributed by atoms with Gasteiger partial charge in [0, 0.05) is 37.5 Å². The Labute approximate surface area is 260 Å². The monoisotopic (exact) mass is 709 g/mol. The van der Waals surface area contributed by atoms with Crippen LogP contribution in [0.1, 0.15) is 62.3 Å². The lowest BCUT2D eigenvalue weighted by Crippen LogP contribution is -2.37. The number of amidine groups is 1. The number of unbranched alkanes of at least 4 members (excludes halogenated alkanes) is 3. The Balaban J connectivity index is 1.79. The van der Waals surface area contributed by atoms with Crippen LogP contribution in [0.5, 0.6) is 0 Å². The van der Waals surface area contributed by atoms with Crippen LogP contribution in [-0.2, 0) is 38.5 Å². The molecule has 17 nitrogen and oxygen atoms in total. The first-order chi connectivity index (χ1) is 21.3. The summed E-state index contributed by atoms with van der Waals surface area (Å²) in [4.78, 5) is 54.6. The van der Waals surface area contributed by atoms with E-state index in [1.165, 1.54) is 0 Å². The van der Waals surface area contributed by atoms with Crippen molar-refractivity contribution in [1.29, 1.82) is 5.41 Å². The Morgan fingerprint density at radius 2 is 1.82 bits per heavy atom. The molecule has 1 aromatic rings. The van der Waals surface area contributed by atoms with Crippen LogP contribution >= 0.6 is 25.8 Å². The van der Waals surface area contributed by atoms with Gasteiger partial charge in [-0.25, -0.2) is 24.1 Å². The van der Waals surface area contributed by atoms with Gasteiger partial charge in [0.1, 0.15) is 18.4 Å². The smallest absolute Gasteiger partial charge is 0.383 e. The molecule has 2 amide bonds. The number of aryl methyl sites for hydroxylation is 1. The number of halogens is 3. The first kappa shape index (κ1) is 39.3. The van der Waals surface area contributed by atoms with Crippen LogP contribution in [0.4, 0.5) is 13.2 Å². The van der Waals surface area contributed by atoms with Crippen LogP contribution in [0.15, 0.2) is 17.4 Å². The predicted molar refractivity (Wildman–Crippen MR) is 157 cm³/mol. The zero-order valence-corrected chi connectivity index (χ0v) is 26.6. The van der Waals surface area contributed by atoms with Crippen LogP contribution in [-0.4, -0.2) is 75.2 Å². The normalized spacial score (nSPS) is 18.6. The van der Waals surface area contributed by atoms with Crippen LogP contribution in [0.2, 0.25) is 0 Å². The quantitative estimate of drug-likeness (QED) is 0.0301. The summed E-state index contributed by atoms with van der Waals surface area (Å²) in [6, 6.07) is 0. The number of nitrogens with two attached hydrogens (primary N) is 2. The lowest BCUT2D eigenvalue weighted by atomic mass is 10.1. The van der Waals surface area contributed by atoms with Gasteiger partial charge < -0.3 is 44.9 Å². The number of hydrogen-bond acceptors (Lipinski definition) is 12. The number of amides is 2. The van der Waals surface area contributed by atoms with Crippen molar-refractivity contribution in [2.75, 3.05) is 19.7 Å². The number of nitrogens with zero attached hydrogens (tertiary/aromatic N) is 2. The van der Waals surface area contributed by atoms with E-state index in [0.717, 1.165) is 6.34 Å². The van der Waals surface area contributed by atoms with E-state index in [4.69, 9.17) is 40.4 Å². The Hall–Kier alpha value is -1.92. The van der Waals surface area contributed by atoms with Gasteiger partial charge in [0.25, 0.3) is 0 Å². The molecule has 1 aliphatic heterocycles. The zero-order valence-electron chi connectivity index (χ0n) is 23.9. The minimum atomic E-state index is -4.89. The molecule has 1 aliphatic rings. The molecule has 2 unspecified atom stereocenters. The predicted octanol–water partition coefficient (Wildman–Crippen LogP) is 2.36. The maximum Gasteiger partial charge on any atom is 0.471 e. The Morgan fingerprint density at radius 3 is 2.44 bits per heavy atom. The van der Waals surface area contributed by atoms with Crippen molar-refractivity contribution < 1.29 is 59.9 Å². The number of alkyl halides is 3. The molecule has 2 rings (SSSR count). The van der Waals surface area contributed by atoms with Crippen molar-refractivity contribution in [2.24, 2.45) is 16.6 Å². The molecule has 256 valence electrons. The number of hydrogen-bond donors (Lipinski definition) is 8. The summed E-state index contributed by atoms with van der Waals surface area (Å²) in [5.74, 6) is 2.84. The van der Waals surface area contributed by atoms with Gasteiger partial charge in [-0.2, -0.15) is 13.2 Å². The second-order valence-corrected chi connectivity index (χ2v) is 12.6. The molecule has 2 heterocycles. The van der Waals surface area contributed by atoms with Gasteiger partial charge in [0.05, 0.1) is 12.7 Å². The summed E-state index contributed by atoms with van der Waals surface area (Å²) in [6.45, 7) is 0.251. The zero-order chi connectivity index (χ0) is 33.4. The highest BCUT2D eigenvalue weighted by Crippen LogP contribution is 2.57. The molecule has 0 aliphatic carbocycles. The molecule has 0 spiro atoms. The van der Waals surface area contributed by atoms with Crippen molar-refractivity contribution in [3.8, 4) is 0 Å². The molecule has 4 atom stereocenters. The van der Waals surface area contributed by atoms with E-state index in [1.54, 1.807) is 17.0 Å². The minimum absolute atomic E-state index is 0.0629. The molecule has 0 bridgehead atoms. The van der Waals surface area contributed by atoms with E-state index in [0.29, 0.717) is 62.6 Å². The van der Waals surface area contributed by atoms with E-state index in [1.807, 2.05) is 5.32 Å². The first-order valence-corrected chi connectivity index (χ1v) is 16.9. The molecule has 0 saturated carbocycles. The Kier molecular flexibility index (Phi) is 17.7. The summed E-state index contributed by atoms with van der Waals surface area (Å²) < 4.78 is 63.1. The number of nitrogens with one attached hydrogen (secondary N) is 3. The average molecular weight is 709 g/mol. The van der Waals surface area contributed by atoms with E-state index in [9.17, 15) is 27.7 Å². The molecule has 45 heavy (non-hydrogen) atoms. The highest BCUT2D eigenvalue weighted by atomic mass is 31.3. The van der Waals surface area contributed by atoms with Gasteiger partial charge in [-0.15, -0.1) is 0 Å². The SMILES string of the molecule is N=C/N=C(/N)c1cn([C@H]2CC[C@@H](COP(O)OP(ON)OP(O)O)O2)cc1CCC(=O)NCCCCCCNC(=O)C(F)(F)F. The van der Waals surface area contributed by atoms with Crippen LogP contribution in [0.3, 0.4) is 0 Å². The molecule has 1 fully saturated rings. The summed E-state index contributed by atoms with van der Waals surface area (Å²) in [5.41, 5.74) is 7.28. The van der Waals surface area contributed by atoms with Gasteiger partial charge in [0.2, 0.25) is 5.91 Å². The van der Waals surface area contributed by atoms with Crippen molar-refractivity contribution in [1.82, 2.24) is 15.2 Å². The summed E-state index contributed by atoms with van der Waals surface area (Å²) in [6.07, 6.45) is 2.37. The average Bonchev–Trinajstić information content (AvgIpc) is 3.62. The Bertz CT molecular complexity index is 1120. The summed E-state index contributed by atoms with van der Waals surface area (Å²) >= 11 is 0. The van der Waals surface area contributed by atoms with E-state index >= 15 is 0 Å². The van der Waals surface area contributed by atoms with E-state index in [2.05, 4.69) is 19.2 Å². The number of rotatable bonds is 21. The lowest BCUT2D eigenvalue weighted by Gasteiger charge is -2.18. The van der Waals surface area contributed by atoms with Gasteiger partial charge in [-0.05, 0) is 37.7 Å². The van der Waals surface area contributed by atoms with Gasteiger partial charge >= 0.3 is 37.9 Å². The maximum absolute atomic E-state index is 12.4. The molecule has 0 radical (unpaired) electrons. The van der Waals surface area contributed by atoms with E-state index in [-0.39, 0.29) is 31.3 Å². The van der Waals surface area contributed by atoms with Gasteiger partial charge in [-0.3, -0.25) is 15.0 Å². The van der Waals surface area contributed by atoms with Gasteiger partial charge in [-0.1, -0.05) is 12.8 Å². The molecule has 10 N–H and O–H groups in total. The number of carbonyl (C=O) groups excluding carboxylic acids is 2. The summed E-state index contributed by atoms with van der Waals surface area (Å²) in [7, 11) is -7.77. The highest BCUT2D eigenvalue weighted by Gasteiger charge is 2.38. The molecular weight excluding hydrogens is 672 g/mol. The van der Waals surface area contributed by atoms with E-state index < -0.39 is 50.2 Å². The number of aliphatic imine (C=N–C) groups is 1. The lowest BCUT2D eigenvalue weighted by molar-refractivity contribution is -0.173. The third-order valence-electron chi connectivity index (χ3n) is 6.15. The van der Waals surface area contributed by atoms with Crippen LogP contribution in [0.25, 0.3) is 0 Å². The largest absolute Gasteiger partial charge is 0.471 e. The summed E-state index contributed by atoms with van der Waals surface area (Å²) in [5, 5.41) is 11.9. The van der Waals surface area contributed by atoms with Crippen molar-refractivity contribution >= 4 is 49.8 Å². The maximum atomic E-state index is 12.4. The molecular formula is C22H37F3N7O10P3. The number of aromatic nitrogens is 1. The second kappa shape index (κ2) is 20.3. The molecule has 23 heteroatoms. The third-order valence-corrected chi connectivity index (χ3v) is 8.90. The van der Waals surface area contributed by atoms with Crippen LogP contribution < -0.4 is 22.3 Å². The highest BCUT2D eigenvalue weighted by molar-refractivity contribution is 7.60. The number of ether oxygens (including phenoxy) is 1. The number of carbonyl (C=O) groups is 2. The van der Waals surface area contributed by atoms with Gasteiger partial charge in [0.15, 0.2) is 0 Å². The molecule has 1 saturated heterocycles.